The lowest BCUT2D eigenvalue weighted by molar-refractivity contribution is -0.777. The van der Waals surface area contributed by atoms with Gasteiger partial charge in [-0.05, 0) is 118 Å². The van der Waals surface area contributed by atoms with E-state index in [-0.39, 0.29) is 128 Å². The van der Waals surface area contributed by atoms with Gasteiger partial charge < -0.3 is 73.5 Å². The summed E-state index contributed by atoms with van der Waals surface area (Å²) < 4.78 is 249. The number of alkyl halides is 17. The smallest absolute Gasteiger partial charge is 0.460 e. The van der Waals surface area contributed by atoms with Crippen molar-refractivity contribution in [2.75, 3.05) is 37.7 Å². The van der Waals surface area contributed by atoms with Crippen molar-refractivity contribution >= 4 is 106 Å². The largest absolute Gasteiger partial charge is 0.872 e. The Bertz CT molecular complexity index is 4410. The molecule has 7 atom stereocenters. The topological polar surface area (TPSA) is 552 Å². The van der Waals surface area contributed by atoms with Gasteiger partial charge in [-0.25, -0.2) is 0 Å². The zero-order valence-electron chi connectivity index (χ0n) is 64.9. The van der Waals surface area contributed by atoms with E-state index in [1.807, 2.05) is 0 Å². The molecule has 22 N–H and O–H groups in total. The number of guanidine groups is 2. The number of amides is 10. The molecule has 2 aromatic rings. The van der Waals surface area contributed by atoms with Crippen LogP contribution in [0.4, 0.5) is 74.6 Å². The van der Waals surface area contributed by atoms with E-state index in [4.69, 9.17) is 33.1 Å². The number of primary amides is 1. The summed E-state index contributed by atoms with van der Waals surface area (Å²) >= 11 is 0.0162. The van der Waals surface area contributed by atoms with E-state index in [0.29, 0.717) is 35.1 Å². The summed E-state index contributed by atoms with van der Waals surface area (Å²) in [6, 6.07) is -0.466. The number of nitrogens with one attached hydrogen (secondary N) is 11. The molecule has 0 saturated carbocycles. The van der Waals surface area contributed by atoms with Crippen LogP contribution in [0.15, 0.2) is 68.7 Å². The van der Waals surface area contributed by atoms with Crippen molar-refractivity contribution in [2.24, 2.45) is 40.5 Å². The van der Waals surface area contributed by atoms with Crippen LogP contribution in [-0.4, -0.2) is 204 Å². The second-order valence-electron chi connectivity index (χ2n) is 28.1. The summed E-state index contributed by atoms with van der Waals surface area (Å²) in [6.45, 7) is 6.54. The van der Waals surface area contributed by atoms with E-state index in [1.54, 1.807) is 13.8 Å². The molecule has 1 heterocycles. The minimum atomic E-state index is -8.88. The monoisotopic (exact) mass is 1810 g/mol. The fraction of sp³-hybridized carbons (Fsp3) is 0.543. The molecular weight excluding hydrogens is 1720 g/mol. The molecule has 7 unspecified atom stereocenters. The molecule has 1 aliphatic carbocycles. The highest BCUT2D eigenvalue weighted by molar-refractivity contribution is 7.99. The van der Waals surface area contributed by atoms with Gasteiger partial charge in [-0.15, -0.1) is 5.75 Å². The van der Waals surface area contributed by atoms with Crippen LogP contribution >= 0.6 is 23.8 Å². The Balaban J connectivity index is 1.68. The number of nitrogens with two attached hydrogens (primary N) is 5. The highest BCUT2D eigenvalue weighted by Gasteiger charge is 2.95. The molecule has 122 heavy (non-hydrogen) atoms. The molecule has 1 aliphatic heterocycles. The summed E-state index contributed by atoms with van der Waals surface area (Å²) in [5.41, 5.74) is 27.5. The third kappa shape index (κ3) is 27.5. The number of thioether (sulfide) groups is 1. The highest BCUT2D eigenvalue weighted by atomic mass is 32.2. The molecule has 0 fully saturated rings. The number of fused-ring (bicyclic) bond motifs is 2. The van der Waals surface area contributed by atoms with E-state index in [0.717, 1.165) is 19.1 Å². The first-order chi connectivity index (χ1) is 56.4. The molecule has 0 spiro atoms. The molecular formula is C70H88F17N16O17S2. The van der Waals surface area contributed by atoms with Gasteiger partial charge >= 0.3 is 59.6 Å². The van der Waals surface area contributed by atoms with Gasteiger partial charge in [0, 0.05) is 46.0 Å². The molecule has 52 heteroatoms. The Morgan fingerprint density at radius 2 is 1.02 bits per heavy atom. The van der Waals surface area contributed by atoms with Gasteiger partial charge in [0.2, 0.25) is 53.2 Å². The molecule has 2 aromatic carbocycles. The third-order valence-electron chi connectivity index (χ3n) is 17.6. The van der Waals surface area contributed by atoms with Crippen LogP contribution in [0.5, 0.6) is 5.75 Å². The second-order valence-corrected chi connectivity index (χ2v) is 30.0. The van der Waals surface area contributed by atoms with Crippen LogP contribution in [0.25, 0.3) is 33.4 Å². The fourth-order valence-electron chi connectivity index (χ4n) is 11.4. The molecule has 2 aliphatic rings. The third-order valence-corrected chi connectivity index (χ3v) is 19.2. The minimum absolute atomic E-state index is 0.0181. The Labute approximate surface area is 690 Å². The molecule has 1 radical (unpaired) electrons. The average molecular weight is 1810 g/mol. The quantitative estimate of drug-likeness (QED) is 0.00385. The van der Waals surface area contributed by atoms with Crippen LogP contribution in [0.2, 0.25) is 0 Å². The summed E-state index contributed by atoms with van der Waals surface area (Å²) in [7, 11) is 0. The molecule has 33 nitrogen and oxygen atoms in total. The van der Waals surface area contributed by atoms with Crippen LogP contribution in [0.3, 0.4) is 0 Å². The lowest BCUT2D eigenvalue weighted by Crippen LogP contribution is -2.78. The predicted molar refractivity (Wildman–Crippen MR) is 395 cm³/mol. The van der Waals surface area contributed by atoms with E-state index in [1.165, 1.54) is 56.3 Å². The van der Waals surface area contributed by atoms with Crippen molar-refractivity contribution < 1.29 is 162 Å². The van der Waals surface area contributed by atoms with Gasteiger partial charge in [-0.1, -0.05) is 45.9 Å². The Hall–Kier alpha value is -10.5. The SMILES string of the molecule is CC(C)CC(NC(=O)C(CO)NC(=O)C(C)NC(=O)C(CCC[NH+]=C(N)N)NC(=O)C(CCC[NH+]=C(N)N)NC(=O)C(CC(C)C)NC(=O)C(CCCCNC(=O)c1ccc(-c2c3ccc(=O)cc-3oc3cc([O-])ccc23)c(SOO[O-])c1)NC(=O)CSCCC(F)(F)C(F)(F)C(F)(F)C(F)(F)C(F)(F)C(F)(F)C(F)(F)C(F)(F)F)C(=O)N[CH]C(N)=O. The van der Waals surface area contributed by atoms with Crippen LogP contribution in [0.1, 0.15) is 109 Å². The van der Waals surface area contributed by atoms with E-state index < -0.39 is 197 Å². The lowest BCUT2D eigenvalue weighted by Gasteiger charge is -2.42. The Morgan fingerprint density at radius 3 is 1.54 bits per heavy atom. The first-order valence-electron chi connectivity index (χ1n) is 36.4. The van der Waals surface area contributed by atoms with Crippen molar-refractivity contribution in [2.45, 2.75) is 194 Å². The standard InChI is InChI=1S/C70H88F17N16O17S2/c1-32(2)24-44(55(111)96-29-50(88)107)101-60(116)46(30-104)103-53(109)34(5)97-56(112)42(11-8-21-94-61(89)90)99-58(114)43(12-9-22-95-62(91)92)100-59(115)45(25-33(3)4)102-57(113)41(98-51(108)31-121-23-19-63(71,72)64(73,74)65(75,76)66(77,78)67(79,80)68(81,82)69(83,84)70(85,86)87)10-6-7-20-93-54(110)35-13-16-40(49(26-35)122-120-119-117)52-38-17-14-36(105)27-47(38)118-48-28-37(106)15-18-39(48)52/h13-18,26-29,32-34,41-46,104-105,117H,6-12,19-25,30-31H2,1-5H3,(H2,88,107)(H,93,110)(H,96,111)(H,97,112)(H,98,108)(H,99,114)(H,100,115)(H,101,116)(H,102,113)(H,103,109)(H4,89,90,94)(H4,91,92,95). The van der Waals surface area contributed by atoms with Crippen LogP contribution < -0.4 is 102 Å². The first-order valence-corrected chi connectivity index (χ1v) is 38.3. The highest BCUT2D eigenvalue weighted by Crippen LogP contribution is 2.64. The zero-order valence-corrected chi connectivity index (χ0v) is 66.5. The van der Waals surface area contributed by atoms with Crippen molar-refractivity contribution in [1.82, 2.24) is 47.9 Å². The van der Waals surface area contributed by atoms with E-state index >= 15 is 0 Å². The summed E-state index contributed by atoms with van der Waals surface area (Å²) in [5.74, 6) is -74.7. The van der Waals surface area contributed by atoms with Crippen LogP contribution in [0, 0.1) is 18.4 Å². The number of unbranched alkanes of at least 4 members (excludes halogenated alkanes) is 1. The molecule has 0 aromatic heterocycles. The second kappa shape index (κ2) is 44.5. The number of carbonyl (C=O) groups excluding carboxylic acids is 10. The minimum Gasteiger partial charge on any atom is -0.872 e. The maximum absolute atomic E-state index is 15.0. The Morgan fingerprint density at radius 1 is 0.549 bits per heavy atom. The number of benzene rings is 3. The summed E-state index contributed by atoms with van der Waals surface area (Å²) in [4.78, 5) is 154. The number of hydrogen-bond donors (Lipinski definition) is 17. The van der Waals surface area contributed by atoms with Gasteiger partial charge in [0.15, 0.2) is 5.43 Å². The number of aliphatic hydroxyl groups is 1. The van der Waals surface area contributed by atoms with Gasteiger partial charge in [-0.3, -0.25) is 90.7 Å². The molecule has 681 valence electrons. The van der Waals surface area contributed by atoms with E-state index in [2.05, 4.69) is 67.2 Å². The maximum Gasteiger partial charge on any atom is 0.460 e. The molecule has 10 amide bonds. The molecule has 0 saturated heterocycles. The van der Waals surface area contributed by atoms with Crippen molar-refractivity contribution in [3.63, 3.8) is 0 Å². The number of carbonyl (C=O) groups is 10. The van der Waals surface area contributed by atoms with Gasteiger partial charge in [-0.2, -0.15) is 90.7 Å². The first kappa shape index (κ1) is 104. The van der Waals surface area contributed by atoms with Crippen molar-refractivity contribution in [1.29, 1.82) is 0 Å². The number of halogens is 17. The lowest BCUT2D eigenvalue weighted by atomic mass is 9.88. The normalized spacial score (nSPS) is 14.2. The van der Waals surface area contributed by atoms with E-state index in [9.17, 15) is 143 Å². The Kier molecular flexibility index (Phi) is 37.9. The summed E-state index contributed by atoms with van der Waals surface area (Å²) in [5, 5.41) is 58.5. The summed E-state index contributed by atoms with van der Waals surface area (Å²) in [6.07, 6.45) is -13.1. The maximum atomic E-state index is 15.0. The number of rotatable bonds is 50. The van der Waals surface area contributed by atoms with Gasteiger partial charge in [0.25, 0.3) is 5.91 Å². The number of aliphatic hydroxyl groups excluding tert-OH is 1. The van der Waals surface area contributed by atoms with Crippen LogP contribution in [-0.2, 0) is 52.5 Å². The van der Waals surface area contributed by atoms with Gasteiger partial charge in [0.05, 0.1) is 37.5 Å². The van der Waals surface area contributed by atoms with Crippen molar-refractivity contribution in [3.05, 3.63) is 76.9 Å². The van der Waals surface area contributed by atoms with Crippen molar-refractivity contribution in [3.8, 4) is 28.2 Å². The predicted octanol–water partition coefficient (Wildman–Crippen LogP) is -0.569. The van der Waals surface area contributed by atoms with Gasteiger partial charge in [0.1, 0.15) is 60.2 Å². The average Bonchev–Trinajstić information content (AvgIpc) is 0.695. The fourth-order valence-corrected chi connectivity index (χ4v) is 12.7. The zero-order chi connectivity index (χ0) is 92.6. The number of hydrogen-bond acceptors (Lipinski definition) is 19. The molecule has 4 rings (SSSR count). The molecule has 0 bridgehead atoms.